The van der Waals surface area contributed by atoms with Crippen LogP contribution in [0.5, 0.6) is 5.75 Å². The molecule has 0 bridgehead atoms. The van der Waals surface area contributed by atoms with E-state index in [2.05, 4.69) is 10.9 Å². The lowest BCUT2D eigenvalue weighted by molar-refractivity contribution is -0.136. The van der Waals surface area contributed by atoms with E-state index in [1.54, 1.807) is 16.7 Å². The van der Waals surface area contributed by atoms with Crippen LogP contribution < -0.4 is 19.6 Å². The molecule has 0 saturated heterocycles. The summed E-state index contributed by atoms with van der Waals surface area (Å²) in [5, 5.41) is 0. The third-order valence-corrected chi connectivity index (χ3v) is 6.25. The van der Waals surface area contributed by atoms with Crippen LogP contribution in [0.15, 0.2) is 75.7 Å². The van der Waals surface area contributed by atoms with Crippen LogP contribution in [0.4, 0.5) is 0 Å². The van der Waals surface area contributed by atoms with Crippen molar-refractivity contribution >= 4 is 23.4 Å². The minimum Gasteiger partial charge on any atom is -0.481 e. The molecule has 1 aliphatic heterocycles. The van der Waals surface area contributed by atoms with Crippen molar-refractivity contribution in [2.24, 2.45) is 4.99 Å². The van der Waals surface area contributed by atoms with Crippen molar-refractivity contribution in [2.75, 3.05) is 13.7 Å². The number of nitrogens with zero attached hydrogens (tertiary/aromatic N) is 2. The predicted molar refractivity (Wildman–Crippen MR) is 128 cm³/mol. The Balaban J connectivity index is 1.87. The third kappa shape index (κ3) is 4.38. The summed E-state index contributed by atoms with van der Waals surface area (Å²) in [4.78, 5) is 31.5. The molecule has 7 heteroatoms. The van der Waals surface area contributed by atoms with Gasteiger partial charge in [-0.05, 0) is 35.8 Å². The predicted octanol–water partition coefficient (Wildman–Crippen LogP) is 2.81. The quantitative estimate of drug-likeness (QED) is 0.421. The highest BCUT2D eigenvalue weighted by molar-refractivity contribution is 7.07. The van der Waals surface area contributed by atoms with Crippen LogP contribution in [0, 0.1) is 12.3 Å². The van der Waals surface area contributed by atoms with Gasteiger partial charge in [-0.1, -0.05) is 66.6 Å². The number of allylic oxidation sites excluding steroid dienone is 1. The number of ether oxygens (including phenoxy) is 2. The summed E-state index contributed by atoms with van der Waals surface area (Å²) in [5.74, 6) is 2.60. The zero-order valence-corrected chi connectivity index (χ0v) is 19.1. The van der Waals surface area contributed by atoms with Gasteiger partial charge in [0.1, 0.15) is 12.4 Å². The number of carbonyl (C=O) groups excluding carboxylic acids is 1. The number of rotatable bonds is 6. The van der Waals surface area contributed by atoms with Crippen LogP contribution in [0.3, 0.4) is 0 Å². The molecule has 0 unspecified atom stereocenters. The van der Waals surface area contributed by atoms with Gasteiger partial charge >= 0.3 is 5.97 Å². The topological polar surface area (TPSA) is 69.9 Å². The number of terminal acetylenes is 1. The fourth-order valence-corrected chi connectivity index (χ4v) is 4.77. The fourth-order valence-electron chi connectivity index (χ4n) is 3.75. The highest BCUT2D eigenvalue weighted by Crippen LogP contribution is 2.31. The average molecular weight is 459 g/mol. The normalized spacial score (nSPS) is 15.4. The van der Waals surface area contributed by atoms with E-state index in [1.165, 1.54) is 18.4 Å². The molecule has 1 aromatic heterocycles. The molecular formula is C26H22N2O4S. The first-order valence-electron chi connectivity index (χ1n) is 10.4. The van der Waals surface area contributed by atoms with E-state index >= 15 is 0 Å². The van der Waals surface area contributed by atoms with E-state index in [0.717, 1.165) is 11.1 Å². The van der Waals surface area contributed by atoms with E-state index in [4.69, 9.17) is 15.9 Å². The van der Waals surface area contributed by atoms with Gasteiger partial charge < -0.3 is 9.47 Å². The largest absolute Gasteiger partial charge is 0.481 e. The summed E-state index contributed by atoms with van der Waals surface area (Å²) in [6.45, 7) is 2.13. The maximum absolute atomic E-state index is 13.5. The summed E-state index contributed by atoms with van der Waals surface area (Å²) in [6.07, 6.45) is 7.57. The smallest absolute Gasteiger partial charge is 0.338 e. The number of thiazole rings is 1. The zero-order valence-electron chi connectivity index (χ0n) is 18.3. The fraction of sp³-hybridized carbons (Fsp3) is 0.192. The second-order valence-corrected chi connectivity index (χ2v) is 8.27. The van der Waals surface area contributed by atoms with Crippen molar-refractivity contribution in [1.82, 2.24) is 4.57 Å². The summed E-state index contributed by atoms with van der Waals surface area (Å²) < 4.78 is 12.6. The average Bonchev–Trinajstić information content (AvgIpc) is 3.17. The first-order valence-corrected chi connectivity index (χ1v) is 11.2. The van der Waals surface area contributed by atoms with Crippen molar-refractivity contribution in [3.8, 4) is 18.1 Å². The Morgan fingerprint density at radius 1 is 1.21 bits per heavy atom. The van der Waals surface area contributed by atoms with Crippen molar-refractivity contribution in [3.63, 3.8) is 0 Å². The Labute approximate surface area is 195 Å². The van der Waals surface area contributed by atoms with Gasteiger partial charge in [-0.15, -0.1) is 6.42 Å². The highest BCUT2D eigenvalue weighted by Gasteiger charge is 2.33. The van der Waals surface area contributed by atoms with E-state index in [9.17, 15) is 9.59 Å². The van der Waals surface area contributed by atoms with Crippen LogP contribution in [-0.4, -0.2) is 24.3 Å². The monoisotopic (exact) mass is 458 g/mol. The maximum atomic E-state index is 13.5. The molecule has 0 radical (unpaired) electrons. The molecule has 0 amide bonds. The lowest BCUT2D eigenvalue weighted by Crippen LogP contribution is -2.40. The molecule has 0 saturated carbocycles. The number of benzene rings is 2. The number of hydrogen-bond donors (Lipinski definition) is 0. The molecule has 1 aliphatic rings. The molecule has 1 atom stereocenters. The molecule has 0 fully saturated rings. The Hall–Kier alpha value is -3.89. The van der Waals surface area contributed by atoms with Gasteiger partial charge in [-0.25, -0.2) is 9.79 Å². The molecule has 33 heavy (non-hydrogen) atoms. The van der Waals surface area contributed by atoms with Gasteiger partial charge in [-0.2, -0.15) is 0 Å². The highest BCUT2D eigenvalue weighted by atomic mass is 32.1. The molecule has 3 aromatic rings. The second-order valence-electron chi connectivity index (χ2n) is 7.26. The Bertz CT molecular complexity index is 1420. The molecule has 0 aliphatic carbocycles. The minimum absolute atomic E-state index is 0.194. The number of carbonyl (C=O) groups is 1. The number of methoxy groups -OCH3 is 1. The van der Waals surface area contributed by atoms with Gasteiger partial charge in [0.05, 0.1) is 29.0 Å². The molecule has 2 aromatic carbocycles. The summed E-state index contributed by atoms with van der Waals surface area (Å²) in [6, 6.07) is 16.2. The third-order valence-electron chi connectivity index (χ3n) is 5.27. The van der Waals surface area contributed by atoms with E-state index in [1.807, 2.05) is 55.5 Å². The van der Waals surface area contributed by atoms with Crippen LogP contribution in [-0.2, 0) is 9.53 Å². The summed E-state index contributed by atoms with van der Waals surface area (Å²) >= 11 is 1.30. The minimum atomic E-state index is -0.605. The van der Waals surface area contributed by atoms with E-state index in [0.29, 0.717) is 32.8 Å². The van der Waals surface area contributed by atoms with Gasteiger partial charge in [0.2, 0.25) is 0 Å². The Morgan fingerprint density at radius 3 is 2.58 bits per heavy atom. The molecular weight excluding hydrogens is 436 g/mol. The van der Waals surface area contributed by atoms with Gasteiger partial charge in [0.15, 0.2) is 4.80 Å². The Morgan fingerprint density at radius 2 is 1.94 bits per heavy atom. The second kappa shape index (κ2) is 9.72. The lowest BCUT2D eigenvalue weighted by Gasteiger charge is -2.25. The van der Waals surface area contributed by atoms with Crippen molar-refractivity contribution in [2.45, 2.75) is 19.4 Å². The Kier molecular flexibility index (Phi) is 6.57. The number of aromatic nitrogens is 1. The first kappa shape index (κ1) is 22.3. The zero-order chi connectivity index (χ0) is 23.4. The van der Waals surface area contributed by atoms with Gasteiger partial charge in [0, 0.05) is 0 Å². The van der Waals surface area contributed by atoms with Gasteiger partial charge in [0.25, 0.3) is 5.56 Å². The summed E-state index contributed by atoms with van der Waals surface area (Å²) in [7, 11) is 1.34. The van der Waals surface area contributed by atoms with Crippen LogP contribution in [0.25, 0.3) is 6.08 Å². The standard InChI is InChI=1S/C26H22N2O4S/c1-4-15-32-19-13-11-17(12-14-19)16-21-24(29)28-23(18-9-7-6-8-10-18)22(25(30)31-3)20(5-2)27-26(28)33-21/h1,6-14,16,23H,5,15H2,2-3H3/b21-16-/t23-/m0/s1. The molecule has 4 rings (SSSR count). The lowest BCUT2D eigenvalue weighted by atomic mass is 9.95. The SMILES string of the molecule is C#CCOc1ccc(/C=c2\sc3n(c2=O)[C@@H](c2ccccc2)C(C(=O)OC)=C(CC)N=3)cc1. The van der Waals surface area contributed by atoms with Crippen LogP contribution in [0.2, 0.25) is 0 Å². The van der Waals surface area contributed by atoms with E-state index < -0.39 is 12.0 Å². The van der Waals surface area contributed by atoms with Crippen molar-refractivity contribution < 1.29 is 14.3 Å². The molecule has 2 heterocycles. The molecule has 0 spiro atoms. The van der Waals surface area contributed by atoms with Crippen molar-refractivity contribution in [3.05, 3.63) is 96.7 Å². The molecule has 0 N–H and O–H groups in total. The maximum Gasteiger partial charge on any atom is 0.338 e. The van der Waals surface area contributed by atoms with Crippen LogP contribution in [0.1, 0.15) is 30.5 Å². The first-order chi connectivity index (χ1) is 16.1. The number of fused-ring (bicyclic) bond motifs is 1. The molecule has 166 valence electrons. The molecule has 6 nitrogen and oxygen atoms in total. The van der Waals surface area contributed by atoms with E-state index in [-0.39, 0.29) is 12.2 Å². The van der Waals surface area contributed by atoms with Crippen LogP contribution >= 0.6 is 11.3 Å². The van der Waals surface area contributed by atoms with Crippen molar-refractivity contribution in [1.29, 1.82) is 0 Å². The summed E-state index contributed by atoms with van der Waals surface area (Å²) in [5.41, 5.74) is 2.46. The number of hydrogen-bond acceptors (Lipinski definition) is 6. The number of esters is 1. The van der Waals surface area contributed by atoms with Gasteiger partial charge in [-0.3, -0.25) is 9.36 Å².